The molecule has 0 unspecified atom stereocenters. The predicted octanol–water partition coefficient (Wildman–Crippen LogP) is 2.81. The number of nitrogens with one attached hydrogen (secondary N) is 2. The molecule has 4 nitrogen and oxygen atoms in total. The lowest BCUT2D eigenvalue weighted by Crippen LogP contribution is -2.28. The molecule has 2 aliphatic rings. The number of carbonyl (C=O) groups excluding carboxylic acids is 1. The zero-order valence-corrected chi connectivity index (χ0v) is 10.0. The van der Waals surface area contributed by atoms with Gasteiger partial charge in [-0.1, -0.05) is 19.3 Å². The van der Waals surface area contributed by atoms with Crippen molar-refractivity contribution in [1.29, 1.82) is 0 Å². The number of amides is 1. The first-order chi connectivity index (χ1) is 8.33. The van der Waals surface area contributed by atoms with Crippen molar-refractivity contribution in [1.82, 2.24) is 10.2 Å². The average Bonchev–Trinajstić information content (AvgIpc) is 2.82. The zero-order valence-electron chi connectivity index (χ0n) is 10.0. The molecule has 0 aliphatic heterocycles. The van der Waals surface area contributed by atoms with Crippen molar-refractivity contribution in [2.75, 3.05) is 5.32 Å². The second-order valence-corrected chi connectivity index (χ2v) is 5.31. The summed E-state index contributed by atoms with van der Waals surface area (Å²) >= 11 is 0. The number of carbonyl (C=O) groups is 1. The minimum atomic E-state index is 0.140. The highest BCUT2D eigenvalue weighted by atomic mass is 16.2. The molecule has 0 aromatic carbocycles. The van der Waals surface area contributed by atoms with E-state index in [9.17, 15) is 4.79 Å². The topological polar surface area (TPSA) is 57.8 Å². The Bertz CT molecular complexity index is 403. The van der Waals surface area contributed by atoms with Crippen LogP contribution in [0, 0.1) is 5.92 Å². The third-order valence-electron chi connectivity index (χ3n) is 4.12. The smallest absolute Gasteiger partial charge is 0.228 e. The van der Waals surface area contributed by atoms with Crippen LogP contribution in [0.15, 0.2) is 6.07 Å². The average molecular weight is 233 g/mol. The molecule has 2 N–H and O–H groups in total. The fourth-order valence-electron chi connectivity index (χ4n) is 2.75. The van der Waals surface area contributed by atoms with Crippen LogP contribution in [0.5, 0.6) is 0 Å². The quantitative estimate of drug-likeness (QED) is 0.843. The number of rotatable bonds is 3. The summed E-state index contributed by atoms with van der Waals surface area (Å²) in [6.07, 6.45) is 8.38. The van der Waals surface area contributed by atoms with Crippen molar-refractivity contribution in [3.8, 4) is 0 Å². The molecule has 17 heavy (non-hydrogen) atoms. The Morgan fingerprint density at radius 3 is 2.65 bits per heavy atom. The third-order valence-corrected chi connectivity index (χ3v) is 4.12. The Kier molecular flexibility index (Phi) is 2.87. The Labute approximate surface area is 101 Å². The van der Waals surface area contributed by atoms with Crippen LogP contribution < -0.4 is 5.32 Å². The van der Waals surface area contributed by atoms with Gasteiger partial charge in [-0.15, -0.1) is 0 Å². The molecular formula is C13H19N3O. The van der Waals surface area contributed by atoms with Crippen LogP contribution in [0.4, 0.5) is 5.82 Å². The molecule has 92 valence electrons. The van der Waals surface area contributed by atoms with Crippen molar-refractivity contribution in [2.24, 2.45) is 5.92 Å². The molecule has 2 saturated carbocycles. The molecule has 0 saturated heterocycles. The Balaban J connectivity index is 1.61. The van der Waals surface area contributed by atoms with Gasteiger partial charge in [0.25, 0.3) is 0 Å². The van der Waals surface area contributed by atoms with Crippen LogP contribution in [-0.4, -0.2) is 16.1 Å². The van der Waals surface area contributed by atoms with Gasteiger partial charge >= 0.3 is 0 Å². The molecular weight excluding hydrogens is 214 g/mol. The molecule has 0 spiro atoms. The second kappa shape index (κ2) is 4.51. The fourth-order valence-corrected chi connectivity index (χ4v) is 2.75. The van der Waals surface area contributed by atoms with E-state index in [1.165, 1.54) is 37.8 Å². The lowest BCUT2D eigenvalue weighted by atomic mass is 9.85. The lowest BCUT2D eigenvalue weighted by molar-refractivity contribution is -0.122. The monoisotopic (exact) mass is 233 g/mol. The van der Waals surface area contributed by atoms with E-state index in [1.54, 1.807) is 0 Å². The molecule has 0 atom stereocenters. The molecule has 4 heteroatoms. The normalized spacial score (nSPS) is 21.4. The van der Waals surface area contributed by atoms with E-state index in [2.05, 4.69) is 15.5 Å². The first-order valence-electron chi connectivity index (χ1n) is 6.69. The largest absolute Gasteiger partial charge is 0.309 e. The van der Waals surface area contributed by atoms with Crippen LogP contribution in [-0.2, 0) is 4.79 Å². The van der Waals surface area contributed by atoms with Crippen molar-refractivity contribution in [2.45, 2.75) is 50.9 Å². The van der Waals surface area contributed by atoms with Crippen LogP contribution in [0.25, 0.3) is 0 Å². The summed E-state index contributed by atoms with van der Waals surface area (Å²) in [5.74, 6) is 1.68. The highest BCUT2D eigenvalue weighted by Gasteiger charge is 2.26. The van der Waals surface area contributed by atoms with Crippen molar-refractivity contribution >= 4 is 11.7 Å². The number of aromatic amines is 1. The third kappa shape index (κ3) is 2.21. The van der Waals surface area contributed by atoms with Crippen LogP contribution >= 0.6 is 0 Å². The SMILES string of the molecule is O=C(Nc1cc(C2CCCC2)[nH]n1)C1CCC1. The molecule has 1 aromatic heterocycles. The Morgan fingerprint density at radius 1 is 1.24 bits per heavy atom. The zero-order chi connectivity index (χ0) is 11.7. The summed E-state index contributed by atoms with van der Waals surface area (Å²) in [6, 6.07) is 2.01. The highest BCUT2D eigenvalue weighted by molar-refractivity contribution is 5.92. The number of H-pyrrole nitrogens is 1. The van der Waals surface area contributed by atoms with E-state index in [4.69, 9.17) is 0 Å². The molecule has 2 aliphatic carbocycles. The van der Waals surface area contributed by atoms with Gasteiger partial charge in [0.05, 0.1) is 0 Å². The van der Waals surface area contributed by atoms with E-state index in [0.717, 1.165) is 12.8 Å². The number of aromatic nitrogens is 2. The summed E-state index contributed by atoms with van der Waals surface area (Å²) in [5.41, 5.74) is 1.19. The van der Waals surface area contributed by atoms with Gasteiger partial charge in [0.1, 0.15) is 0 Å². The Hall–Kier alpha value is -1.32. The minimum Gasteiger partial charge on any atom is -0.309 e. The molecule has 0 radical (unpaired) electrons. The maximum Gasteiger partial charge on any atom is 0.228 e. The first kappa shape index (κ1) is 10.8. The second-order valence-electron chi connectivity index (χ2n) is 5.31. The predicted molar refractivity (Wildman–Crippen MR) is 65.8 cm³/mol. The van der Waals surface area contributed by atoms with Crippen LogP contribution in [0.3, 0.4) is 0 Å². The van der Waals surface area contributed by atoms with Gasteiger partial charge in [-0.2, -0.15) is 5.10 Å². The number of hydrogen-bond acceptors (Lipinski definition) is 2. The van der Waals surface area contributed by atoms with Crippen LogP contribution in [0.2, 0.25) is 0 Å². The van der Waals surface area contributed by atoms with E-state index >= 15 is 0 Å². The summed E-state index contributed by atoms with van der Waals surface area (Å²) < 4.78 is 0. The molecule has 3 rings (SSSR count). The van der Waals surface area contributed by atoms with Crippen molar-refractivity contribution in [3.63, 3.8) is 0 Å². The van der Waals surface area contributed by atoms with E-state index in [-0.39, 0.29) is 11.8 Å². The minimum absolute atomic E-state index is 0.140. The number of nitrogens with zero attached hydrogens (tertiary/aromatic N) is 1. The van der Waals surface area contributed by atoms with Gasteiger partial charge in [0.2, 0.25) is 5.91 Å². The fraction of sp³-hybridized carbons (Fsp3) is 0.692. The Morgan fingerprint density at radius 2 is 2.00 bits per heavy atom. The van der Waals surface area contributed by atoms with Gasteiger partial charge in [0, 0.05) is 23.6 Å². The van der Waals surface area contributed by atoms with E-state index in [0.29, 0.717) is 11.7 Å². The van der Waals surface area contributed by atoms with Gasteiger partial charge in [-0.05, 0) is 25.7 Å². The standard InChI is InChI=1S/C13H19N3O/c17-13(10-6-3-7-10)14-12-8-11(15-16-12)9-4-1-2-5-9/h8-10H,1-7H2,(H2,14,15,16,17). The maximum atomic E-state index is 11.8. The number of anilines is 1. The number of hydrogen-bond donors (Lipinski definition) is 2. The van der Waals surface area contributed by atoms with Crippen molar-refractivity contribution in [3.05, 3.63) is 11.8 Å². The summed E-state index contributed by atoms with van der Waals surface area (Å²) in [4.78, 5) is 11.8. The molecule has 1 heterocycles. The van der Waals surface area contributed by atoms with Gasteiger partial charge in [0.15, 0.2) is 5.82 Å². The van der Waals surface area contributed by atoms with Gasteiger partial charge in [-0.3, -0.25) is 9.89 Å². The molecule has 0 bridgehead atoms. The molecule has 1 amide bonds. The van der Waals surface area contributed by atoms with Gasteiger partial charge < -0.3 is 5.32 Å². The maximum absolute atomic E-state index is 11.8. The summed E-state index contributed by atoms with van der Waals surface area (Å²) in [6.45, 7) is 0. The molecule has 1 aromatic rings. The lowest BCUT2D eigenvalue weighted by Gasteiger charge is -2.23. The van der Waals surface area contributed by atoms with Crippen molar-refractivity contribution < 1.29 is 4.79 Å². The summed E-state index contributed by atoms with van der Waals surface area (Å²) in [7, 11) is 0. The van der Waals surface area contributed by atoms with Crippen LogP contribution in [0.1, 0.15) is 56.6 Å². The first-order valence-corrected chi connectivity index (χ1v) is 6.69. The highest BCUT2D eigenvalue weighted by Crippen LogP contribution is 2.34. The van der Waals surface area contributed by atoms with E-state index in [1.807, 2.05) is 6.07 Å². The van der Waals surface area contributed by atoms with Gasteiger partial charge in [-0.25, -0.2) is 0 Å². The van der Waals surface area contributed by atoms with E-state index < -0.39 is 0 Å². The molecule has 2 fully saturated rings. The summed E-state index contributed by atoms with van der Waals surface area (Å²) in [5, 5.41) is 10.2.